The summed E-state index contributed by atoms with van der Waals surface area (Å²) in [6.07, 6.45) is 1.28. The third-order valence-electron chi connectivity index (χ3n) is 3.72. The Kier molecular flexibility index (Phi) is 6.07. The average molecular weight is 330 g/mol. The molecule has 0 aliphatic carbocycles. The second-order valence-electron chi connectivity index (χ2n) is 5.42. The van der Waals surface area contributed by atoms with Gasteiger partial charge in [0.2, 0.25) is 0 Å². The SMILES string of the molecule is CSc1ccc(C(O)CNC(=O)Nc2ccc(C)c(C)c2)cc1. The maximum atomic E-state index is 11.9. The number of aliphatic hydroxyl groups excluding tert-OH is 1. The fraction of sp³-hybridized carbons (Fsp3) is 0.278. The molecule has 0 aliphatic heterocycles. The summed E-state index contributed by atoms with van der Waals surface area (Å²) in [5, 5.41) is 15.6. The highest BCUT2D eigenvalue weighted by Crippen LogP contribution is 2.19. The summed E-state index contributed by atoms with van der Waals surface area (Å²) in [7, 11) is 0. The van der Waals surface area contributed by atoms with Crippen LogP contribution in [0.4, 0.5) is 10.5 Å². The quantitative estimate of drug-likeness (QED) is 0.729. The van der Waals surface area contributed by atoms with Gasteiger partial charge in [0, 0.05) is 17.1 Å². The third kappa shape index (κ3) is 5.01. The minimum atomic E-state index is -0.726. The number of carbonyl (C=O) groups is 1. The first-order valence-corrected chi connectivity index (χ1v) is 8.66. The number of aliphatic hydroxyl groups is 1. The summed E-state index contributed by atoms with van der Waals surface area (Å²) in [6, 6.07) is 13.1. The van der Waals surface area contributed by atoms with Gasteiger partial charge in [-0.1, -0.05) is 18.2 Å². The maximum absolute atomic E-state index is 11.9. The molecule has 23 heavy (non-hydrogen) atoms. The molecule has 0 saturated heterocycles. The first-order chi connectivity index (χ1) is 11.0. The number of hydrogen-bond acceptors (Lipinski definition) is 3. The number of benzene rings is 2. The second kappa shape index (κ2) is 8.04. The van der Waals surface area contributed by atoms with E-state index in [0.717, 1.165) is 21.7 Å². The van der Waals surface area contributed by atoms with Crippen molar-refractivity contribution in [1.82, 2.24) is 5.32 Å². The molecule has 2 amide bonds. The summed E-state index contributed by atoms with van der Waals surface area (Å²) in [5.74, 6) is 0. The smallest absolute Gasteiger partial charge is 0.319 e. The molecule has 0 aliphatic rings. The van der Waals surface area contributed by atoms with E-state index in [9.17, 15) is 9.90 Å². The van der Waals surface area contributed by atoms with Crippen LogP contribution in [0.3, 0.4) is 0 Å². The highest BCUT2D eigenvalue weighted by Gasteiger charge is 2.10. The lowest BCUT2D eigenvalue weighted by Gasteiger charge is -2.14. The molecule has 1 atom stereocenters. The van der Waals surface area contributed by atoms with Crippen LogP contribution >= 0.6 is 11.8 Å². The fourth-order valence-electron chi connectivity index (χ4n) is 2.13. The van der Waals surface area contributed by atoms with E-state index >= 15 is 0 Å². The van der Waals surface area contributed by atoms with Gasteiger partial charge >= 0.3 is 6.03 Å². The van der Waals surface area contributed by atoms with Crippen LogP contribution in [0.2, 0.25) is 0 Å². The summed E-state index contributed by atoms with van der Waals surface area (Å²) in [5.41, 5.74) is 3.83. The van der Waals surface area contributed by atoms with Crippen LogP contribution in [-0.2, 0) is 0 Å². The van der Waals surface area contributed by atoms with Gasteiger partial charge < -0.3 is 15.7 Å². The molecule has 5 heteroatoms. The van der Waals surface area contributed by atoms with Gasteiger partial charge in [-0.05, 0) is 61.1 Å². The van der Waals surface area contributed by atoms with Gasteiger partial charge in [-0.25, -0.2) is 4.79 Å². The van der Waals surface area contributed by atoms with E-state index in [1.807, 2.05) is 62.6 Å². The van der Waals surface area contributed by atoms with Crippen molar-refractivity contribution in [2.75, 3.05) is 18.1 Å². The Balaban J connectivity index is 1.86. The Morgan fingerprint density at radius 1 is 1.13 bits per heavy atom. The van der Waals surface area contributed by atoms with Crippen molar-refractivity contribution < 1.29 is 9.90 Å². The predicted molar refractivity (Wildman–Crippen MR) is 96.1 cm³/mol. The molecule has 0 fully saturated rings. The average Bonchev–Trinajstić information content (AvgIpc) is 2.56. The number of rotatable bonds is 5. The van der Waals surface area contributed by atoms with E-state index in [2.05, 4.69) is 10.6 Å². The van der Waals surface area contributed by atoms with Crippen molar-refractivity contribution >= 4 is 23.5 Å². The van der Waals surface area contributed by atoms with Gasteiger partial charge in [0.15, 0.2) is 0 Å². The van der Waals surface area contributed by atoms with Crippen molar-refractivity contribution in [3.05, 3.63) is 59.2 Å². The first-order valence-electron chi connectivity index (χ1n) is 7.43. The van der Waals surface area contributed by atoms with Crippen LogP contribution in [0, 0.1) is 13.8 Å². The van der Waals surface area contributed by atoms with E-state index in [-0.39, 0.29) is 12.6 Å². The van der Waals surface area contributed by atoms with Crippen molar-refractivity contribution in [2.45, 2.75) is 24.8 Å². The molecule has 3 N–H and O–H groups in total. The Labute approximate surface area is 141 Å². The normalized spacial score (nSPS) is 11.8. The Bertz CT molecular complexity index is 671. The molecule has 4 nitrogen and oxygen atoms in total. The fourth-order valence-corrected chi connectivity index (χ4v) is 2.54. The highest BCUT2D eigenvalue weighted by molar-refractivity contribution is 7.98. The summed E-state index contributed by atoms with van der Waals surface area (Å²) in [4.78, 5) is 13.0. The molecule has 0 radical (unpaired) electrons. The largest absolute Gasteiger partial charge is 0.387 e. The predicted octanol–water partition coefficient (Wildman–Crippen LogP) is 3.88. The number of amides is 2. The summed E-state index contributed by atoms with van der Waals surface area (Å²) >= 11 is 1.65. The minimum absolute atomic E-state index is 0.162. The second-order valence-corrected chi connectivity index (χ2v) is 6.30. The summed E-state index contributed by atoms with van der Waals surface area (Å²) in [6.45, 7) is 4.19. The lowest BCUT2D eigenvalue weighted by Crippen LogP contribution is -2.32. The molecule has 2 aromatic rings. The number of nitrogens with one attached hydrogen (secondary N) is 2. The Morgan fingerprint density at radius 2 is 1.83 bits per heavy atom. The van der Waals surface area contributed by atoms with Crippen molar-refractivity contribution in [3.63, 3.8) is 0 Å². The zero-order chi connectivity index (χ0) is 16.8. The van der Waals surface area contributed by atoms with Crippen LogP contribution in [0.25, 0.3) is 0 Å². The molecular formula is C18H22N2O2S. The van der Waals surface area contributed by atoms with Gasteiger partial charge in [0.25, 0.3) is 0 Å². The lowest BCUT2D eigenvalue weighted by molar-refractivity contribution is 0.175. The topological polar surface area (TPSA) is 61.4 Å². The van der Waals surface area contributed by atoms with E-state index in [4.69, 9.17) is 0 Å². The number of hydrogen-bond donors (Lipinski definition) is 3. The molecule has 2 aromatic carbocycles. The van der Waals surface area contributed by atoms with Gasteiger partial charge in [-0.2, -0.15) is 0 Å². The standard InChI is InChI=1S/C18H22N2O2S/c1-12-4-7-15(10-13(12)2)20-18(22)19-11-17(21)14-5-8-16(23-3)9-6-14/h4-10,17,21H,11H2,1-3H3,(H2,19,20,22). The zero-order valence-corrected chi connectivity index (χ0v) is 14.4. The monoisotopic (exact) mass is 330 g/mol. The van der Waals surface area contributed by atoms with E-state index in [1.165, 1.54) is 5.56 Å². The van der Waals surface area contributed by atoms with Gasteiger partial charge in [-0.3, -0.25) is 0 Å². The minimum Gasteiger partial charge on any atom is -0.387 e. The van der Waals surface area contributed by atoms with Crippen molar-refractivity contribution in [1.29, 1.82) is 0 Å². The molecule has 122 valence electrons. The molecule has 1 unspecified atom stereocenters. The van der Waals surface area contributed by atoms with Crippen molar-refractivity contribution in [3.8, 4) is 0 Å². The van der Waals surface area contributed by atoms with Gasteiger partial charge in [0.1, 0.15) is 0 Å². The van der Waals surface area contributed by atoms with Crippen LogP contribution in [-0.4, -0.2) is 23.9 Å². The van der Waals surface area contributed by atoms with Gasteiger partial charge in [0.05, 0.1) is 6.10 Å². The highest BCUT2D eigenvalue weighted by atomic mass is 32.2. The number of urea groups is 1. The summed E-state index contributed by atoms with van der Waals surface area (Å²) < 4.78 is 0. The maximum Gasteiger partial charge on any atom is 0.319 e. The molecule has 0 heterocycles. The number of anilines is 1. The molecule has 0 spiro atoms. The Morgan fingerprint density at radius 3 is 2.43 bits per heavy atom. The van der Waals surface area contributed by atoms with E-state index in [0.29, 0.717) is 0 Å². The van der Waals surface area contributed by atoms with Crippen LogP contribution < -0.4 is 10.6 Å². The number of aryl methyl sites for hydroxylation is 2. The van der Waals surface area contributed by atoms with E-state index in [1.54, 1.807) is 11.8 Å². The zero-order valence-electron chi connectivity index (χ0n) is 13.6. The molecular weight excluding hydrogens is 308 g/mol. The van der Waals surface area contributed by atoms with Crippen LogP contribution in [0.5, 0.6) is 0 Å². The number of carbonyl (C=O) groups excluding carboxylic acids is 1. The molecule has 0 aromatic heterocycles. The Hall–Kier alpha value is -1.98. The first kappa shape index (κ1) is 17.4. The lowest BCUT2D eigenvalue weighted by atomic mass is 10.1. The number of thioether (sulfide) groups is 1. The van der Waals surface area contributed by atoms with Crippen LogP contribution in [0.15, 0.2) is 47.4 Å². The third-order valence-corrected chi connectivity index (χ3v) is 4.46. The molecule has 0 bridgehead atoms. The van der Waals surface area contributed by atoms with E-state index < -0.39 is 6.10 Å². The van der Waals surface area contributed by atoms with Crippen LogP contribution in [0.1, 0.15) is 22.8 Å². The van der Waals surface area contributed by atoms with Crippen molar-refractivity contribution in [2.24, 2.45) is 0 Å². The molecule has 2 rings (SSSR count). The molecule has 0 saturated carbocycles. The van der Waals surface area contributed by atoms with Gasteiger partial charge in [-0.15, -0.1) is 11.8 Å².